The lowest BCUT2D eigenvalue weighted by Crippen LogP contribution is -2.33. The summed E-state index contributed by atoms with van der Waals surface area (Å²) in [7, 11) is -3.39. The third kappa shape index (κ3) is 5.46. The molecule has 2 aromatic rings. The van der Waals surface area contributed by atoms with Gasteiger partial charge in [-0.1, -0.05) is 24.3 Å². The second kappa shape index (κ2) is 8.50. The summed E-state index contributed by atoms with van der Waals surface area (Å²) in [5, 5.41) is 2.70. The summed E-state index contributed by atoms with van der Waals surface area (Å²) in [6, 6.07) is 13.0. The molecule has 0 aliphatic carbocycles. The highest BCUT2D eigenvalue weighted by molar-refractivity contribution is 7.92. The molecule has 0 bridgehead atoms. The minimum absolute atomic E-state index is 0.270. The van der Waals surface area contributed by atoms with Crippen molar-refractivity contribution in [2.75, 3.05) is 22.9 Å². The number of nitrogens with one attached hydrogen (secondary N) is 3. The molecule has 0 spiro atoms. The van der Waals surface area contributed by atoms with Gasteiger partial charge in [-0.3, -0.25) is 20.3 Å². The molecular formula is C19H23N5O4S. The number of nitrogen functional groups attached to an aromatic ring is 1. The third-order valence-electron chi connectivity index (χ3n) is 4.52. The summed E-state index contributed by atoms with van der Waals surface area (Å²) in [4.78, 5) is 26.1. The first-order valence-corrected chi connectivity index (χ1v) is 10.9. The van der Waals surface area contributed by atoms with Crippen LogP contribution in [0.3, 0.4) is 0 Å². The van der Waals surface area contributed by atoms with Crippen molar-refractivity contribution < 1.29 is 18.0 Å². The van der Waals surface area contributed by atoms with Crippen molar-refractivity contribution in [3.8, 4) is 0 Å². The van der Waals surface area contributed by atoms with Crippen molar-refractivity contribution in [3.63, 3.8) is 0 Å². The SMILES string of the molecule is CS(=O)(=O)Nc1cccc(CC2NC(=O)N(CCc3ccc(NN)cc3)C2=O)c1. The van der Waals surface area contributed by atoms with E-state index in [-0.39, 0.29) is 18.9 Å². The van der Waals surface area contributed by atoms with Crippen LogP contribution in [0.1, 0.15) is 11.1 Å². The molecule has 1 aliphatic rings. The molecule has 1 heterocycles. The van der Waals surface area contributed by atoms with E-state index in [0.29, 0.717) is 12.1 Å². The molecule has 9 nitrogen and oxygen atoms in total. The number of carbonyl (C=O) groups excluding carboxylic acids is 2. The molecule has 3 rings (SSSR count). The maximum absolute atomic E-state index is 12.7. The highest BCUT2D eigenvalue weighted by Crippen LogP contribution is 2.17. The van der Waals surface area contributed by atoms with Crippen LogP contribution in [-0.2, 0) is 27.7 Å². The average molecular weight is 417 g/mol. The third-order valence-corrected chi connectivity index (χ3v) is 5.13. The highest BCUT2D eigenvalue weighted by atomic mass is 32.2. The molecule has 0 saturated carbocycles. The Kier molecular flexibility index (Phi) is 6.04. The Bertz CT molecular complexity index is 1010. The van der Waals surface area contributed by atoms with Crippen LogP contribution in [0.25, 0.3) is 0 Å². The van der Waals surface area contributed by atoms with E-state index in [1.807, 2.05) is 24.3 Å². The number of nitrogens with zero attached hydrogens (tertiary/aromatic N) is 1. The number of nitrogens with two attached hydrogens (primary N) is 1. The van der Waals surface area contributed by atoms with Crippen molar-refractivity contribution in [1.29, 1.82) is 0 Å². The molecule has 1 aliphatic heterocycles. The number of sulfonamides is 1. The second-order valence-corrected chi connectivity index (χ2v) is 8.61. The van der Waals surface area contributed by atoms with Crippen molar-refractivity contribution in [2.24, 2.45) is 5.84 Å². The maximum atomic E-state index is 12.7. The summed E-state index contributed by atoms with van der Waals surface area (Å²) in [5.74, 6) is 5.04. The van der Waals surface area contributed by atoms with Gasteiger partial charge in [0.2, 0.25) is 10.0 Å². The normalized spacial score (nSPS) is 16.6. The van der Waals surface area contributed by atoms with E-state index in [1.54, 1.807) is 24.3 Å². The molecule has 0 aromatic heterocycles. The fourth-order valence-electron chi connectivity index (χ4n) is 3.15. The lowest BCUT2D eigenvalue weighted by Gasteiger charge is -2.13. The van der Waals surface area contributed by atoms with Gasteiger partial charge in [0.25, 0.3) is 5.91 Å². The largest absolute Gasteiger partial charge is 0.325 e. The van der Waals surface area contributed by atoms with E-state index in [2.05, 4.69) is 15.5 Å². The maximum Gasteiger partial charge on any atom is 0.324 e. The first-order chi connectivity index (χ1) is 13.7. The topological polar surface area (TPSA) is 134 Å². The zero-order chi connectivity index (χ0) is 21.0. The van der Waals surface area contributed by atoms with Crippen LogP contribution >= 0.6 is 0 Å². The van der Waals surface area contributed by atoms with Gasteiger partial charge in [0.1, 0.15) is 6.04 Å². The Morgan fingerprint density at radius 1 is 1.07 bits per heavy atom. The van der Waals surface area contributed by atoms with Crippen LogP contribution in [-0.4, -0.2) is 44.1 Å². The molecule has 3 amide bonds. The zero-order valence-electron chi connectivity index (χ0n) is 15.9. The number of carbonyl (C=O) groups is 2. The van der Waals surface area contributed by atoms with Crippen LogP contribution in [0.15, 0.2) is 48.5 Å². The standard InChI is InChI=1S/C19H23N5O4S/c1-29(27,28)23-16-4-2-3-14(11-16)12-17-18(25)24(19(26)21-17)10-9-13-5-7-15(22-20)8-6-13/h2-8,11,17,22-23H,9-10,12,20H2,1H3,(H,21,26). The Labute approximate surface area is 169 Å². The summed E-state index contributed by atoms with van der Waals surface area (Å²) in [5.41, 5.74) is 5.45. The molecule has 1 unspecified atom stereocenters. The van der Waals surface area contributed by atoms with Gasteiger partial charge in [-0.15, -0.1) is 0 Å². The Morgan fingerprint density at radius 2 is 1.79 bits per heavy atom. The van der Waals surface area contributed by atoms with Crippen LogP contribution in [0.5, 0.6) is 0 Å². The van der Waals surface area contributed by atoms with E-state index in [0.717, 1.165) is 23.1 Å². The van der Waals surface area contributed by atoms with Crippen molar-refractivity contribution in [3.05, 3.63) is 59.7 Å². The fraction of sp³-hybridized carbons (Fsp3) is 0.263. The number of anilines is 2. The summed E-state index contributed by atoms with van der Waals surface area (Å²) < 4.78 is 25.2. The molecule has 2 aromatic carbocycles. The molecule has 0 radical (unpaired) electrons. The molecule has 10 heteroatoms. The number of imide groups is 1. The van der Waals surface area contributed by atoms with Crippen molar-refractivity contribution >= 4 is 33.3 Å². The smallest absolute Gasteiger partial charge is 0.324 e. The van der Waals surface area contributed by atoms with Gasteiger partial charge in [-0.2, -0.15) is 0 Å². The van der Waals surface area contributed by atoms with Gasteiger partial charge < -0.3 is 10.7 Å². The number of amides is 3. The number of urea groups is 1. The van der Waals surface area contributed by atoms with E-state index < -0.39 is 22.1 Å². The fourth-order valence-corrected chi connectivity index (χ4v) is 3.70. The van der Waals surface area contributed by atoms with Crippen molar-refractivity contribution in [1.82, 2.24) is 10.2 Å². The van der Waals surface area contributed by atoms with Gasteiger partial charge >= 0.3 is 6.03 Å². The Balaban J connectivity index is 1.62. The molecule has 154 valence electrons. The van der Waals surface area contributed by atoms with Gasteiger partial charge in [-0.05, 0) is 41.8 Å². The zero-order valence-corrected chi connectivity index (χ0v) is 16.7. The predicted octanol–water partition coefficient (Wildman–Crippen LogP) is 1.05. The minimum Gasteiger partial charge on any atom is -0.325 e. The van der Waals surface area contributed by atoms with Crippen LogP contribution in [0, 0.1) is 0 Å². The Morgan fingerprint density at radius 3 is 2.45 bits per heavy atom. The first kappa shape index (κ1) is 20.6. The van der Waals surface area contributed by atoms with E-state index >= 15 is 0 Å². The summed E-state index contributed by atoms with van der Waals surface area (Å²) in [6.45, 7) is 0.270. The number of rotatable bonds is 8. The van der Waals surface area contributed by atoms with E-state index in [4.69, 9.17) is 5.84 Å². The first-order valence-electron chi connectivity index (χ1n) is 8.99. The lowest BCUT2D eigenvalue weighted by atomic mass is 10.1. The van der Waals surface area contributed by atoms with E-state index in [1.165, 1.54) is 4.90 Å². The molecule has 1 atom stereocenters. The second-order valence-electron chi connectivity index (χ2n) is 6.86. The van der Waals surface area contributed by atoms with E-state index in [9.17, 15) is 18.0 Å². The van der Waals surface area contributed by atoms with Gasteiger partial charge in [0.15, 0.2) is 0 Å². The predicted molar refractivity (Wildman–Crippen MR) is 111 cm³/mol. The average Bonchev–Trinajstić information content (AvgIpc) is 2.92. The number of hydrazine groups is 1. The molecule has 1 fully saturated rings. The molecule has 1 saturated heterocycles. The molecule has 29 heavy (non-hydrogen) atoms. The summed E-state index contributed by atoms with van der Waals surface area (Å²) >= 11 is 0. The summed E-state index contributed by atoms with van der Waals surface area (Å²) in [6.07, 6.45) is 1.88. The van der Waals surface area contributed by atoms with Gasteiger partial charge in [0, 0.05) is 24.3 Å². The lowest BCUT2D eigenvalue weighted by molar-refractivity contribution is -0.127. The highest BCUT2D eigenvalue weighted by Gasteiger charge is 2.37. The molecular weight excluding hydrogens is 394 g/mol. The number of hydrogen-bond donors (Lipinski definition) is 4. The number of benzene rings is 2. The van der Waals surface area contributed by atoms with Gasteiger partial charge in [-0.25, -0.2) is 13.2 Å². The number of hydrogen-bond acceptors (Lipinski definition) is 6. The van der Waals surface area contributed by atoms with Crippen molar-refractivity contribution in [2.45, 2.75) is 18.9 Å². The quantitative estimate of drug-likeness (QED) is 0.288. The van der Waals surface area contributed by atoms with Gasteiger partial charge in [0.05, 0.1) is 6.26 Å². The monoisotopic (exact) mass is 417 g/mol. The molecule has 5 N–H and O–H groups in total. The van der Waals surface area contributed by atoms with Crippen LogP contribution in [0.4, 0.5) is 16.2 Å². The van der Waals surface area contributed by atoms with Crippen LogP contribution in [0.2, 0.25) is 0 Å². The minimum atomic E-state index is -3.39. The Hall–Kier alpha value is -3.11. The van der Waals surface area contributed by atoms with Crippen LogP contribution < -0.4 is 21.3 Å².